The maximum absolute atomic E-state index is 12.4. The third-order valence-electron chi connectivity index (χ3n) is 4.05. The van der Waals surface area contributed by atoms with Crippen molar-refractivity contribution < 1.29 is 9.90 Å². The Hall–Kier alpha value is -1.89. The van der Waals surface area contributed by atoms with E-state index in [0.29, 0.717) is 16.5 Å². The van der Waals surface area contributed by atoms with Crippen LogP contribution in [0.1, 0.15) is 35.0 Å². The second kappa shape index (κ2) is 7.99. The summed E-state index contributed by atoms with van der Waals surface area (Å²) in [5, 5.41) is 13.6. The quantitative estimate of drug-likeness (QED) is 0.833. The average molecular weight is 381 g/mol. The lowest BCUT2D eigenvalue weighted by Crippen LogP contribution is -2.30. The van der Waals surface area contributed by atoms with Crippen LogP contribution in [-0.4, -0.2) is 40.6 Å². The van der Waals surface area contributed by atoms with Gasteiger partial charge >= 0.3 is 0 Å². The Morgan fingerprint density at radius 2 is 1.92 bits per heavy atom. The molecule has 1 saturated heterocycles. The van der Waals surface area contributed by atoms with Gasteiger partial charge in [0.15, 0.2) is 5.69 Å². The Morgan fingerprint density at radius 3 is 2.60 bits per heavy atom. The van der Waals surface area contributed by atoms with Crippen LogP contribution in [0, 0.1) is 0 Å². The topological polar surface area (TPSA) is 78.3 Å². The lowest BCUT2D eigenvalue weighted by molar-refractivity contribution is 0.0911. The Kier molecular flexibility index (Phi) is 5.73. The van der Waals surface area contributed by atoms with Gasteiger partial charge in [-0.25, -0.2) is 9.97 Å². The third-order valence-corrected chi connectivity index (χ3v) is 4.57. The zero-order chi connectivity index (χ0) is 17.8. The molecular formula is C17H18Cl2N4O2. The molecule has 0 saturated carbocycles. The summed E-state index contributed by atoms with van der Waals surface area (Å²) >= 11 is 11.9. The van der Waals surface area contributed by atoms with E-state index in [2.05, 4.69) is 15.3 Å². The SMILES string of the molecule is O=C(NCC(O)c1ccc(Cl)cc1)c1nc(N2CCCC2)ncc1Cl. The number of anilines is 1. The van der Waals surface area contributed by atoms with E-state index in [-0.39, 0.29) is 17.3 Å². The van der Waals surface area contributed by atoms with Crippen molar-refractivity contribution in [2.45, 2.75) is 18.9 Å². The fraction of sp³-hybridized carbons (Fsp3) is 0.353. The van der Waals surface area contributed by atoms with Gasteiger partial charge in [0.2, 0.25) is 5.95 Å². The van der Waals surface area contributed by atoms with Crippen molar-refractivity contribution in [1.29, 1.82) is 0 Å². The molecule has 1 aromatic heterocycles. The molecule has 1 aliphatic rings. The number of amides is 1. The number of nitrogens with zero attached hydrogens (tertiary/aromatic N) is 3. The summed E-state index contributed by atoms with van der Waals surface area (Å²) in [7, 11) is 0. The smallest absolute Gasteiger partial charge is 0.271 e. The van der Waals surface area contributed by atoms with Crippen molar-refractivity contribution in [2.75, 3.05) is 24.5 Å². The van der Waals surface area contributed by atoms with Gasteiger partial charge in [0, 0.05) is 24.7 Å². The van der Waals surface area contributed by atoms with E-state index in [4.69, 9.17) is 23.2 Å². The molecule has 25 heavy (non-hydrogen) atoms. The van der Waals surface area contributed by atoms with Gasteiger partial charge in [0.05, 0.1) is 17.3 Å². The van der Waals surface area contributed by atoms with Gasteiger partial charge in [-0.3, -0.25) is 4.79 Å². The molecule has 0 bridgehead atoms. The summed E-state index contributed by atoms with van der Waals surface area (Å²) in [6, 6.07) is 6.79. The lowest BCUT2D eigenvalue weighted by Gasteiger charge is -2.16. The molecule has 3 rings (SSSR count). The minimum absolute atomic E-state index is 0.0415. The minimum Gasteiger partial charge on any atom is -0.387 e. The van der Waals surface area contributed by atoms with E-state index in [0.717, 1.165) is 25.9 Å². The highest BCUT2D eigenvalue weighted by molar-refractivity contribution is 6.33. The number of hydrogen-bond acceptors (Lipinski definition) is 5. The molecule has 6 nitrogen and oxygen atoms in total. The summed E-state index contributed by atoms with van der Waals surface area (Å²) in [5.41, 5.74) is 0.776. The summed E-state index contributed by atoms with van der Waals surface area (Å²) in [6.45, 7) is 1.79. The van der Waals surface area contributed by atoms with Crippen LogP contribution in [-0.2, 0) is 0 Å². The molecule has 0 spiro atoms. The van der Waals surface area contributed by atoms with Crippen molar-refractivity contribution in [1.82, 2.24) is 15.3 Å². The molecule has 1 aromatic carbocycles. The molecule has 8 heteroatoms. The monoisotopic (exact) mass is 380 g/mol. The van der Waals surface area contributed by atoms with E-state index >= 15 is 0 Å². The maximum atomic E-state index is 12.4. The number of hydrogen-bond donors (Lipinski definition) is 2. The number of nitrogens with one attached hydrogen (secondary N) is 1. The first-order chi connectivity index (χ1) is 12.0. The molecular weight excluding hydrogens is 363 g/mol. The Morgan fingerprint density at radius 1 is 1.24 bits per heavy atom. The molecule has 1 fully saturated rings. The van der Waals surface area contributed by atoms with Crippen LogP contribution < -0.4 is 10.2 Å². The molecule has 2 N–H and O–H groups in total. The molecule has 2 aromatic rings. The van der Waals surface area contributed by atoms with Crippen molar-refractivity contribution in [3.63, 3.8) is 0 Å². The summed E-state index contributed by atoms with van der Waals surface area (Å²) < 4.78 is 0. The van der Waals surface area contributed by atoms with Gasteiger partial charge in [-0.1, -0.05) is 35.3 Å². The van der Waals surface area contributed by atoms with E-state index in [1.54, 1.807) is 24.3 Å². The third kappa shape index (κ3) is 4.39. The summed E-state index contributed by atoms with van der Waals surface area (Å²) in [5.74, 6) is 0.0613. The first-order valence-electron chi connectivity index (χ1n) is 8.04. The van der Waals surface area contributed by atoms with Crippen LogP contribution in [0.5, 0.6) is 0 Å². The van der Waals surface area contributed by atoms with Crippen molar-refractivity contribution in [3.05, 3.63) is 51.8 Å². The number of aromatic nitrogens is 2. The van der Waals surface area contributed by atoms with Crippen LogP contribution in [0.25, 0.3) is 0 Å². The zero-order valence-corrected chi connectivity index (χ0v) is 15.0. The lowest BCUT2D eigenvalue weighted by atomic mass is 10.1. The van der Waals surface area contributed by atoms with Gasteiger partial charge in [0.25, 0.3) is 5.91 Å². The number of aliphatic hydroxyl groups is 1. The fourth-order valence-corrected chi connectivity index (χ4v) is 2.97. The Bertz CT molecular complexity index is 749. The largest absolute Gasteiger partial charge is 0.387 e. The molecule has 1 amide bonds. The van der Waals surface area contributed by atoms with E-state index in [9.17, 15) is 9.90 Å². The number of carbonyl (C=O) groups excluding carboxylic acids is 1. The molecule has 1 atom stereocenters. The van der Waals surface area contributed by atoms with Crippen LogP contribution in [0.2, 0.25) is 10.0 Å². The predicted molar refractivity (Wildman–Crippen MR) is 97.2 cm³/mol. The van der Waals surface area contributed by atoms with Gasteiger partial charge in [0.1, 0.15) is 0 Å². The van der Waals surface area contributed by atoms with E-state index in [1.807, 2.05) is 4.90 Å². The first-order valence-corrected chi connectivity index (χ1v) is 8.79. The Balaban J connectivity index is 1.66. The number of halogens is 2. The van der Waals surface area contributed by atoms with Crippen LogP contribution >= 0.6 is 23.2 Å². The van der Waals surface area contributed by atoms with Gasteiger partial charge in [-0.15, -0.1) is 0 Å². The van der Waals surface area contributed by atoms with Crippen molar-refractivity contribution >= 4 is 35.1 Å². The number of carbonyl (C=O) groups is 1. The molecule has 0 radical (unpaired) electrons. The zero-order valence-electron chi connectivity index (χ0n) is 13.5. The maximum Gasteiger partial charge on any atom is 0.271 e. The second-order valence-electron chi connectivity index (χ2n) is 5.84. The van der Waals surface area contributed by atoms with E-state index in [1.165, 1.54) is 6.20 Å². The molecule has 0 aliphatic carbocycles. The molecule has 1 aliphatic heterocycles. The highest BCUT2D eigenvalue weighted by Gasteiger charge is 2.20. The average Bonchev–Trinajstić information content (AvgIpc) is 3.15. The van der Waals surface area contributed by atoms with Gasteiger partial charge < -0.3 is 15.3 Å². The summed E-state index contributed by atoms with van der Waals surface area (Å²) in [6.07, 6.45) is 2.76. The van der Waals surface area contributed by atoms with Crippen LogP contribution in [0.3, 0.4) is 0 Å². The standard InChI is InChI=1S/C17H18Cl2N4O2/c18-12-5-3-11(4-6-12)14(24)10-20-16(25)15-13(19)9-21-17(22-15)23-7-1-2-8-23/h3-6,9,14,24H,1-2,7-8,10H2,(H,20,25). The van der Waals surface area contributed by atoms with Gasteiger partial charge in [-0.2, -0.15) is 0 Å². The van der Waals surface area contributed by atoms with Crippen LogP contribution in [0.15, 0.2) is 30.5 Å². The minimum atomic E-state index is -0.847. The van der Waals surface area contributed by atoms with E-state index < -0.39 is 12.0 Å². The highest BCUT2D eigenvalue weighted by atomic mass is 35.5. The molecule has 2 heterocycles. The summed E-state index contributed by atoms with van der Waals surface area (Å²) in [4.78, 5) is 22.9. The molecule has 1 unspecified atom stereocenters. The normalized spacial score (nSPS) is 15.2. The second-order valence-corrected chi connectivity index (χ2v) is 6.68. The van der Waals surface area contributed by atoms with Crippen molar-refractivity contribution in [3.8, 4) is 0 Å². The first kappa shape index (κ1) is 17.9. The predicted octanol–water partition coefficient (Wildman–Crippen LogP) is 2.85. The van der Waals surface area contributed by atoms with Gasteiger partial charge in [-0.05, 0) is 30.5 Å². The Labute approximate surface area is 155 Å². The number of rotatable bonds is 5. The number of aliphatic hydroxyl groups excluding tert-OH is 1. The molecule has 132 valence electrons. The highest BCUT2D eigenvalue weighted by Crippen LogP contribution is 2.20. The van der Waals surface area contributed by atoms with Crippen molar-refractivity contribution in [2.24, 2.45) is 0 Å². The fourth-order valence-electron chi connectivity index (χ4n) is 2.66. The van der Waals surface area contributed by atoms with Crippen LogP contribution in [0.4, 0.5) is 5.95 Å². The number of benzene rings is 1.